The summed E-state index contributed by atoms with van der Waals surface area (Å²) in [6.45, 7) is 0. The lowest BCUT2D eigenvalue weighted by molar-refractivity contribution is 0.510. The first-order valence-electron chi connectivity index (χ1n) is 5.95. The average molecular weight is 355 g/mol. The van der Waals surface area contributed by atoms with Crippen molar-refractivity contribution in [2.45, 2.75) is 6.04 Å². The van der Waals surface area contributed by atoms with Gasteiger partial charge in [-0.25, -0.2) is 4.39 Å². The number of benzene rings is 2. The van der Waals surface area contributed by atoms with Gasteiger partial charge in [-0.05, 0) is 36.4 Å². The first kappa shape index (κ1) is 13.6. The summed E-state index contributed by atoms with van der Waals surface area (Å²) in [4.78, 5) is 0. The SMILES string of the molecule is NC(c1cc2c(Cl)cccc2o1)c1cc(Br)ccc1F. The Morgan fingerprint density at radius 1 is 1.20 bits per heavy atom. The van der Waals surface area contributed by atoms with Gasteiger partial charge >= 0.3 is 0 Å². The van der Waals surface area contributed by atoms with Crippen molar-refractivity contribution in [1.29, 1.82) is 0 Å². The van der Waals surface area contributed by atoms with Gasteiger partial charge in [-0.2, -0.15) is 0 Å². The molecule has 0 saturated heterocycles. The Morgan fingerprint density at radius 2 is 2.00 bits per heavy atom. The van der Waals surface area contributed by atoms with E-state index in [1.54, 1.807) is 36.4 Å². The van der Waals surface area contributed by atoms with E-state index in [4.69, 9.17) is 21.8 Å². The summed E-state index contributed by atoms with van der Waals surface area (Å²) < 4.78 is 20.3. The van der Waals surface area contributed by atoms with E-state index in [1.165, 1.54) is 6.07 Å². The van der Waals surface area contributed by atoms with Crippen molar-refractivity contribution < 1.29 is 8.81 Å². The summed E-state index contributed by atoms with van der Waals surface area (Å²) in [6.07, 6.45) is 0. The molecular weight excluding hydrogens is 345 g/mol. The van der Waals surface area contributed by atoms with E-state index in [-0.39, 0.29) is 5.82 Å². The Kier molecular flexibility index (Phi) is 3.54. The second-order valence-electron chi connectivity index (χ2n) is 4.44. The normalized spacial score (nSPS) is 12.8. The van der Waals surface area contributed by atoms with Gasteiger partial charge in [-0.15, -0.1) is 0 Å². The van der Waals surface area contributed by atoms with Gasteiger partial charge in [0.1, 0.15) is 17.2 Å². The largest absolute Gasteiger partial charge is 0.459 e. The van der Waals surface area contributed by atoms with Crippen LogP contribution < -0.4 is 5.73 Å². The van der Waals surface area contributed by atoms with Crippen LogP contribution in [0.4, 0.5) is 4.39 Å². The fourth-order valence-electron chi connectivity index (χ4n) is 2.10. The van der Waals surface area contributed by atoms with Crippen LogP contribution in [0.25, 0.3) is 11.0 Å². The van der Waals surface area contributed by atoms with E-state index in [2.05, 4.69) is 15.9 Å². The number of furan rings is 1. The molecule has 0 radical (unpaired) electrons. The zero-order valence-corrected chi connectivity index (χ0v) is 12.6. The van der Waals surface area contributed by atoms with E-state index in [0.717, 1.165) is 9.86 Å². The minimum Gasteiger partial charge on any atom is -0.459 e. The van der Waals surface area contributed by atoms with Crippen molar-refractivity contribution in [2.75, 3.05) is 0 Å². The maximum absolute atomic E-state index is 13.9. The van der Waals surface area contributed by atoms with Crippen LogP contribution in [0.5, 0.6) is 0 Å². The third kappa shape index (κ3) is 2.35. The minimum absolute atomic E-state index is 0.368. The van der Waals surface area contributed by atoms with Gasteiger partial charge in [-0.3, -0.25) is 0 Å². The van der Waals surface area contributed by atoms with E-state index < -0.39 is 6.04 Å². The number of nitrogens with two attached hydrogens (primary N) is 1. The Bertz CT molecular complexity index is 787. The topological polar surface area (TPSA) is 39.2 Å². The summed E-state index contributed by atoms with van der Waals surface area (Å²) in [6, 6.07) is 11.1. The smallest absolute Gasteiger partial charge is 0.135 e. The second-order valence-corrected chi connectivity index (χ2v) is 5.77. The number of hydrogen-bond acceptors (Lipinski definition) is 2. The van der Waals surface area contributed by atoms with Crippen molar-refractivity contribution in [3.63, 3.8) is 0 Å². The van der Waals surface area contributed by atoms with Crippen molar-refractivity contribution in [3.05, 3.63) is 69.1 Å². The number of fused-ring (bicyclic) bond motifs is 1. The third-order valence-corrected chi connectivity index (χ3v) is 3.95. The summed E-state index contributed by atoms with van der Waals surface area (Å²) in [5, 5.41) is 1.36. The van der Waals surface area contributed by atoms with Gasteiger partial charge in [0.2, 0.25) is 0 Å². The molecule has 1 atom stereocenters. The fourth-order valence-corrected chi connectivity index (χ4v) is 2.70. The van der Waals surface area contributed by atoms with Gasteiger partial charge < -0.3 is 10.2 Å². The molecule has 0 amide bonds. The molecule has 0 saturated carbocycles. The molecule has 0 spiro atoms. The van der Waals surface area contributed by atoms with Crippen LogP contribution in [0.2, 0.25) is 5.02 Å². The van der Waals surface area contributed by atoms with E-state index in [0.29, 0.717) is 21.9 Å². The zero-order valence-electron chi connectivity index (χ0n) is 10.2. The van der Waals surface area contributed by atoms with Crippen molar-refractivity contribution >= 4 is 38.5 Å². The van der Waals surface area contributed by atoms with Gasteiger partial charge in [0.15, 0.2) is 0 Å². The van der Waals surface area contributed by atoms with Gasteiger partial charge in [0.05, 0.1) is 11.1 Å². The minimum atomic E-state index is -0.684. The summed E-state index contributed by atoms with van der Waals surface area (Å²) in [7, 11) is 0. The molecule has 3 rings (SSSR count). The molecular formula is C15H10BrClFNO. The molecule has 0 fully saturated rings. The van der Waals surface area contributed by atoms with Gasteiger partial charge in [-0.1, -0.05) is 33.6 Å². The maximum atomic E-state index is 13.9. The number of halogens is 3. The van der Waals surface area contributed by atoms with Crippen LogP contribution in [-0.2, 0) is 0 Å². The van der Waals surface area contributed by atoms with Gasteiger partial charge in [0.25, 0.3) is 0 Å². The molecule has 102 valence electrons. The molecule has 0 aliphatic rings. The van der Waals surface area contributed by atoms with E-state index in [9.17, 15) is 4.39 Å². The molecule has 0 bridgehead atoms. The predicted molar refractivity (Wildman–Crippen MR) is 81.4 cm³/mol. The van der Waals surface area contributed by atoms with Crippen molar-refractivity contribution in [1.82, 2.24) is 0 Å². The lowest BCUT2D eigenvalue weighted by atomic mass is 10.0. The second kappa shape index (κ2) is 5.20. The Balaban J connectivity index is 2.10. The van der Waals surface area contributed by atoms with E-state index in [1.807, 2.05) is 0 Å². The Morgan fingerprint density at radius 3 is 2.75 bits per heavy atom. The first-order chi connectivity index (χ1) is 9.56. The highest BCUT2D eigenvalue weighted by atomic mass is 79.9. The van der Waals surface area contributed by atoms with Crippen LogP contribution in [0.15, 0.2) is 51.4 Å². The Hall–Kier alpha value is -1.36. The molecule has 1 unspecified atom stereocenters. The summed E-state index contributed by atoms with van der Waals surface area (Å²) in [5.74, 6) is 0.109. The lowest BCUT2D eigenvalue weighted by Gasteiger charge is -2.10. The van der Waals surface area contributed by atoms with Crippen molar-refractivity contribution in [2.24, 2.45) is 5.73 Å². The Labute approximate surface area is 128 Å². The number of rotatable bonds is 2. The summed E-state index contributed by atoms with van der Waals surface area (Å²) in [5.41, 5.74) is 7.11. The number of hydrogen-bond donors (Lipinski definition) is 1. The molecule has 2 nitrogen and oxygen atoms in total. The molecule has 0 aliphatic carbocycles. The molecule has 5 heteroatoms. The zero-order chi connectivity index (χ0) is 14.3. The molecule has 1 aromatic heterocycles. The fraction of sp³-hybridized carbons (Fsp3) is 0.0667. The highest BCUT2D eigenvalue weighted by Gasteiger charge is 2.18. The van der Waals surface area contributed by atoms with Crippen molar-refractivity contribution in [3.8, 4) is 0 Å². The molecule has 0 aliphatic heterocycles. The molecule has 3 aromatic rings. The lowest BCUT2D eigenvalue weighted by Crippen LogP contribution is -2.12. The summed E-state index contributed by atoms with van der Waals surface area (Å²) >= 11 is 9.40. The highest BCUT2D eigenvalue weighted by Crippen LogP contribution is 2.32. The average Bonchev–Trinajstić information content (AvgIpc) is 2.86. The maximum Gasteiger partial charge on any atom is 0.135 e. The quantitative estimate of drug-likeness (QED) is 0.700. The standard InChI is InChI=1S/C15H10BrClFNO/c16-8-4-5-12(18)10(6-8)15(19)14-7-9-11(17)2-1-3-13(9)20-14/h1-7,15H,19H2. The van der Waals surface area contributed by atoms with Gasteiger partial charge in [0, 0.05) is 15.4 Å². The molecule has 20 heavy (non-hydrogen) atoms. The monoisotopic (exact) mass is 353 g/mol. The van der Waals surface area contributed by atoms with Crippen LogP contribution in [0.1, 0.15) is 17.4 Å². The molecule has 1 heterocycles. The predicted octanol–water partition coefficient (Wildman–Crippen LogP) is 5.04. The molecule has 2 N–H and O–H groups in total. The third-order valence-electron chi connectivity index (χ3n) is 3.13. The molecule has 2 aromatic carbocycles. The first-order valence-corrected chi connectivity index (χ1v) is 7.12. The van der Waals surface area contributed by atoms with Crippen LogP contribution >= 0.6 is 27.5 Å². The van der Waals surface area contributed by atoms with E-state index >= 15 is 0 Å². The van der Waals surface area contributed by atoms with Crippen LogP contribution in [0, 0.1) is 5.82 Å². The van der Waals surface area contributed by atoms with Crippen LogP contribution in [-0.4, -0.2) is 0 Å². The van der Waals surface area contributed by atoms with Crippen LogP contribution in [0.3, 0.4) is 0 Å². The highest BCUT2D eigenvalue weighted by molar-refractivity contribution is 9.10.